The van der Waals surface area contributed by atoms with E-state index in [1.165, 1.54) is 13.0 Å². The van der Waals surface area contributed by atoms with Crippen LogP contribution < -0.4 is 10.5 Å². The Morgan fingerprint density at radius 2 is 2.21 bits per heavy atom. The summed E-state index contributed by atoms with van der Waals surface area (Å²) in [5, 5.41) is 0. The molecule has 0 radical (unpaired) electrons. The molecule has 0 spiro atoms. The molecule has 0 aromatic heterocycles. The number of halogens is 1. The molecule has 0 aliphatic heterocycles. The van der Waals surface area contributed by atoms with Gasteiger partial charge in [0.2, 0.25) is 0 Å². The Morgan fingerprint density at radius 3 is 2.71 bits per heavy atom. The SMILES string of the molecule is CCOc1c(F)cc(N)cc1C(C)=O. The molecule has 76 valence electrons. The molecule has 0 aliphatic carbocycles. The van der Waals surface area contributed by atoms with Gasteiger partial charge in [-0.1, -0.05) is 0 Å². The van der Waals surface area contributed by atoms with Crippen molar-refractivity contribution in [1.82, 2.24) is 0 Å². The smallest absolute Gasteiger partial charge is 0.167 e. The molecule has 1 rings (SSSR count). The number of hydrogen-bond donors (Lipinski definition) is 1. The van der Waals surface area contributed by atoms with Gasteiger partial charge in [-0.3, -0.25) is 4.79 Å². The number of Topliss-reactive ketones (excluding diaryl/α,β-unsaturated/α-hetero) is 1. The zero-order valence-electron chi connectivity index (χ0n) is 8.13. The van der Waals surface area contributed by atoms with E-state index in [-0.39, 0.29) is 22.8 Å². The van der Waals surface area contributed by atoms with Crippen LogP contribution >= 0.6 is 0 Å². The van der Waals surface area contributed by atoms with Gasteiger partial charge in [-0.25, -0.2) is 4.39 Å². The zero-order valence-corrected chi connectivity index (χ0v) is 8.13. The minimum absolute atomic E-state index is 0.0193. The van der Waals surface area contributed by atoms with Gasteiger partial charge >= 0.3 is 0 Å². The Balaban J connectivity index is 3.28. The Hall–Kier alpha value is -1.58. The summed E-state index contributed by atoms with van der Waals surface area (Å²) in [6.45, 7) is 3.37. The summed E-state index contributed by atoms with van der Waals surface area (Å²) in [6, 6.07) is 2.55. The van der Waals surface area contributed by atoms with Crippen LogP contribution in [0.25, 0.3) is 0 Å². The van der Waals surface area contributed by atoms with Gasteiger partial charge in [-0.2, -0.15) is 0 Å². The molecule has 3 nitrogen and oxygen atoms in total. The van der Waals surface area contributed by atoms with Crippen LogP contribution in [0.4, 0.5) is 10.1 Å². The van der Waals surface area contributed by atoms with Crippen molar-refractivity contribution in [3.05, 3.63) is 23.5 Å². The fraction of sp³-hybridized carbons (Fsp3) is 0.300. The van der Waals surface area contributed by atoms with Crippen molar-refractivity contribution in [2.75, 3.05) is 12.3 Å². The fourth-order valence-corrected chi connectivity index (χ4v) is 1.17. The van der Waals surface area contributed by atoms with E-state index in [0.29, 0.717) is 6.61 Å². The lowest BCUT2D eigenvalue weighted by molar-refractivity contribution is 0.101. The maximum Gasteiger partial charge on any atom is 0.167 e. The molecule has 0 atom stereocenters. The van der Waals surface area contributed by atoms with Crippen molar-refractivity contribution in [2.24, 2.45) is 0 Å². The second-order valence-electron chi connectivity index (χ2n) is 2.87. The zero-order chi connectivity index (χ0) is 10.7. The standard InChI is InChI=1S/C10H12FNO2/c1-3-14-10-8(6(2)13)4-7(12)5-9(10)11/h4-5H,3,12H2,1-2H3. The molecule has 14 heavy (non-hydrogen) atoms. The maximum atomic E-state index is 13.3. The van der Waals surface area contributed by atoms with Crippen molar-refractivity contribution in [1.29, 1.82) is 0 Å². The van der Waals surface area contributed by atoms with Crippen LogP contribution in [0.15, 0.2) is 12.1 Å². The molecule has 4 heteroatoms. The second kappa shape index (κ2) is 4.09. The third-order valence-electron chi connectivity index (χ3n) is 1.73. The first-order chi connectivity index (χ1) is 6.56. The maximum absolute atomic E-state index is 13.3. The van der Waals surface area contributed by atoms with Crippen LogP contribution in [0.1, 0.15) is 24.2 Å². The molecule has 0 bridgehead atoms. The number of carbonyl (C=O) groups is 1. The van der Waals surface area contributed by atoms with Gasteiger partial charge in [0.15, 0.2) is 17.3 Å². The number of hydrogen-bond acceptors (Lipinski definition) is 3. The summed E-state index contributed by atoms with van der Waals surface area (Å²) in [7, 11) is 0. The highest BCUT2D eigenvalue weighted by molar-refractivity contribution is 5.97. The summed E-state index contributed by atoms with van der Waals surface area (Å²) in [5.74, 6) is -0.883. The minimum atomic E-state index is -0.600. The molecule has 0 amide bonds. The normalized spacial score (nSPS) is 9.93. The van der Waals surface area contributed by atoms with Crippen molar-refractivity contribution < 1.29 is 13.9 Å². The first-order valence-electron chi connectivity index (χ1n) is 4.29. The van der Waals surface area contributed by atoms with Crippen LogP contribution in [0.2, 0.25) is 0 Å². The molecule has 0 heterocycles. The largest absolute Gasteiger partial charge is 0.490 e. The topological polar surface area (TPSA) is 52.3 Å². The van der Waals surface area contributed by atoms with Gasteiger partial charge in [0.1, 0.15) is 0 Å². The van der Waals surface area contributed by atoms with E-state index in [1.54, 1.807) is 6.92 Å². The van der Waals surface area contributed by atoms with Crippen LogP contribution in [-0.2, 0) is 0 Å². The fourth-order valence-electron chi connectivity index (χ4n) is 1.17. The lowest BCUT2D eigenvalue weighted by atomic mass is 10.1. The summed E-state index contributed by atoms with van der Waals surface area (Å²) in [4.78, 5) is 11.1. The van der Waals surface area contributed by atoms with E-state index in [1.807, 2.05) is 0 Å². The number of anilines is 1. The van der Waals surface area contributed by atoms with Crippen molar-refractivity contribution in [3.63, 3.8) is 0 Å². The van der Waals surface area contributed by atoms with Gasteiger partial charge < -0.3 is 10.5 Å². The number of nitrogens with two attached hydrogens (primary N) is 1. The molecule has 0 saturated heterocycles. The average molecular weight is 197 g/mol. The molecular formula is C10H12FNO2. The lowest BCUT2D eigenvalue weighted by Crippen LogP contribution is -2.04. The first-order valence-corrected chi connectivity index (χ1v) is 4.29. The predicted octanol–water partition coefficient (Wildman–Crippen LogP) is 2.01. The third kappa shape index (κ3) is 2.02. The highest BCUT2D eigenvalue weighted by Crippen LogP contribution is 2.26. The molecular weight excluding hydrogens is 185 g/mol. The van der Waals surface area contributed by atoms with Gasteiger partial charge in [0.25, 0.3) is 0 Å². The minimum Gasteiger partial charge on any atom is -0.490 e. The number of ketones is 1. The van der Waals surface area contributed by atoms with Gasteiger partial charge in [-0.05, 0) is 19.9 Å². The van der Waals surface area contributed by atoms with Crippen molar-refractivity contribution in [2.45, 2.75) is 13.8 Å². The average Bonchev–Trinajstić information content (AvgIpc) is 2.09. The van der Waals surface area contributed by atoms with Crippen molar-refractivity contribution >= 4 is 11.5 Å². The number of benzene rings is 1. The van der Waals surface area contributed by atoms with Crippen LogP contribution in [0, 0.1) is 5.82 Å². The highest BCUT2D eigenvalue weighted by Gasteiger charge is 2.14. The summed E-state index contributed by atoms with van der Waals surface area (Å²) >= 11 is 0. The molecule has 1 aromatic rings. The first kappa shape index (κ1) is 10.5. The monoisotopic (exact) mass is 197 g/mol. The number of ether oxygens (including phenoxy) is 1. The van der Waals surface area contributed by atoms with Crippen molar-refractivity contribution in [3.8, 4) is 5.75 Å². The van der Waals surface area contributed by atoms with E-state index < -0.39 is 5.82 Å². The van der Waals surface area contributed by atoms with Crippen LogP contribution in [0.5, 0.6) is 5.75 Å². The third-order valence-corrected chi connectivity index (χ3v) is 1.73. The van der Waals surface area contributed by atoms with E-state index >= 15 is 0 Å². The Bertz CT molecular complexity index is 363. The number of carbonyl (C=O) groups excluding carboxylic acids is 1. The van der Waals surface area contributed by atoms with Gasteiger partial charge in [-0.15, -0.1) is 0 Å². The summed E-state index contributed by atoms with van der Waals surface area (Å²) in [6.07, 6.45) is 0. The van der Waals surface area contributed by atoms with E-state index in [9.17, 15) is 9.18 Å². The quantitative estimate of drug-likeness (QED) is 0.595. The molecule has 0 unspecified atom stereocenters. The summed E-state index contributed by atoms with van der Waals surface area (Å²) in [5.41, 5.74) is 5.82. The second-order valence-corrected chi connectivity index (χ2v) is 2.87. The number of rotatable bonds is 3. The van der Waals surface area contributed by atoms with Gasteiger partial charge in [0.05, 0.1) is 12.2 Å². The van der Waals surface area contributed by atoms with Gasteiger partial charge in [0, 0.05) is 11.8 Å². The molecule has 0 saturated carbocycles. The van der Waals surface area contributed by atoms with E-state index in [2.05, 4.69) is 0 Å². The summed E-state index contributed by atoms with van der Waals surface area (Å²) < 4.78 is 18.3. The van der Waals surface area contributed by atoms with E-state index in [0.717, 1.165) is 6.07 Å². The molecule has 0 aliphatic rings. The molecule has 0 fully saturated rings. The Morgan fingerprint density at radius 1 is 1.57 bits per heavy atom. The lowest BCUT2D eigenvalue weighted by Gasteiger charge is -2.09. The Labute approximate surface area is 81.7 Å². The van der Waals surface area contributed by atoms with E-state index in [4.69, 9.17) is 10.5 Å². The van der Waals surface area contributed by atoms with Crippen LogP contribution in [-0.4, -0.2) is 12.4 Å². The molecule has 1 aromatic carbocycles. The highest BCUT2D eigenvalue weighted by atomic mass is 19.1. The van der Waals surface area contributed by atoms with Crippen LogP contribution in [0.3, 0.4) is 0 Å². The number of nitrogen functional groups attached to an aromatic ring is 1. The Kier molecular flexibility index (Phi) is 3.06. The molecule has 2 N–H and O–H groups in total. The predicted molar refractivity (Wildman–Crippen MR) is 52.0 cm³/mol.